The van der Waals surface area contributed by atoms with E-state index in [-0.39, 0.29) is 39.5 Å². The van der Waals surface area contributed by atoms with Crippen molar-refractivity contribution in [3.63, 3.8) is 0 Å². The number of ketones is 2. The molecule has 0 atom stereocenters. The zero-order valence-corrected chi connectivity index (χ0v) is 10.8. The van der Waals surface area contributed by atoms with Crippen molar-refractivity contribution in [2.45, 2.75) is 0 Å². The molecule has 0 fully saturated rings. The topological polar surface area (TPSA) is 34.1 Å². The van der Waals surface area contributed by atoms with Crippen LogP contribution in [0.25, 0.3) is 0 Å². The fraction of sp³-hybridized carbons (Fsp3) is 0. The number of allylic oxidation sites excluding steroid dienone is 1. The van der Waals surface area contributed by atoms with Crippen LogP contribution in [-0.2, 0) is 22.4 Å². The van der Waals surface area contributed by atoms with E-state index in [9.17, 15) is 9.59 Å². The minimum atomic E-state index is -0.181. The number of carbonyl (C=O) groups is 2. The second kappa shape index (κ2) is 4.39. The summed E-state index contributed by atoms with van der Waals surface area (Å²) >= 11 is 2.58. The Labute approximate surface area is 105 Å². The van der Waals surface area contributed by atoms with Crippen molar-refractivity contribution in [1.29, 1.82) is 0 Å². The summed E-state index contributed by atoms with van der Waals surface area (Å²) in [5, 5.41) is 0. The van der Waals surface area contributed by atoms with Crippen LogP contribution in [0.1, 0.15) is 20.7 Å². The van der Waals surface area contributed by atoms with Crippen LogP contribution in [0.5, 0.6) is 0 Å². The predicted octanol–water partition coefficient (Wildman–Crippen LogP) is 1.12. The maximum absolute atomic E-state index is 11.5. The minimum Gasteiger partial charge on any atom is 0 e. The Bertz CT molecular complexity index is 401. The van der Waals surface area contributed by atoms with E-state index in [4.69, 9.17) is 0 Å². The van der Waals surface area contributed by atoms with E-state index >= 15 is 0 Å². The molecule has 74 valence electrons. The fourth-order valence-electron chi connectivity index (χ4n) is 1.38. The summed E-state index contributed by atoms with van der Waals surface area (Å²) in [5.41, 5.74) is 1.25. The van der Waals surface area contributed by atoms with Gasteiger partial charge in [-0.05, 0) is 0 Å². The molecule has 0 aromatic heterocycles. The van der Waals surface area contributed by atoms with Crippen molar-refractivity contribution in [3.8, 4) is 0 Å². The van der Waals surface area contributed by atoms with Gasteiger partial charge in [0.25, 0.3) is 0 Å². The zero-order valence-electron chi connectivity index (χ0n) is 6.91. The molecule has 0 unspecified atom stereocenters. The van der Waals surface area contributed by atoms with Gasteiger partial charge >= 0.3 is 83.1 Å². The maximum atomic E-state index is 11.5. The molecule has 0 N–H and O–H groups in total. The second-order valence-electron chi connectivity index (χ2n) is 2.74. The molecule has 0 saturated heterocycles. The van der Waals surface area contributed by atoms with E-state index in [1.165, 1.54) is 4.97 Å². The number of hydrogen-bond donors (Lipinski definition) is 0. The van der Waals surface area contributed by atoms with Crippen molar-refractivity contribution in [2.24, 2.45) is 0 Å². The number of carbonyl (C=O) groups excluding carboxylic acids is 2. The van der Waals surface area contributed by atoms with E-state index in [1.807, 2.05) is 0 Å². The Morgan fingerprint density at radius 1 is 1.00 bits per heavy atom. The number of hydrogen-bond acceptors (Lipinski definition) is 2. The summed E-state index contributed by atoms with van der Waals surface area (Å²) < 4.78 is 0. The summed E-state index contributed by atoms with van der Waals surface area (Å²) in [6.45, 7) is 0. The quantitative estimate of drug-likeness (QED) is 0.349. The normalized spacial score (nSPS) is 13.6. The number of benzene rings is 1. The molecule has 1 aliphatic rings. The van der Waals surface area contributed by atoms with E-state index in [1.54, 1.807) is 24.3 Å². The third kappa shape index (κ3) is 1.58. The Kier molecular flexibility index (Phi) is 3.65. The number of fused-ring (bicyclic) bond motifs is 1. The zero-order chi connectivity index (χ0) is 9.42. The molecule has 4 heteroatoms. The summed E-state index contributed by atoms with van der Waals surface area (Å²) in [5.74, 6) is -0.362. The van der Waals surface area contributed by atoms with Gasteiger partial charge in [0.15, 0.2) is 0 Å². The van der Waals surface area contributed by atoms with Gasteiger partial charge < -0.3 is 0 Å². The SMILES string of the molecule is O=C1C(=C[Se])C(=O)c2ccccc21.[Au]. The summed E-state index contributed by atoms with van der Waals surface area (Å²) in [4.78, 5) is 24.5. The molecule has 1 aliphatic carbocycles. The molecule has 2 rings (SSSR count). The first-order valence-electron chi connectivity index (χ1n) is 3.76. The van der Waals surface area contributed by atoms with Gasteiger partial charge in [-0.3, -0.25) is 0 Å². The van der Waals surface area contributed by atoms with Gasteiger partial charge in [-0.2, -0.15) is 0 Å². The van der Waals surface area contributed by atoms with Gasteiger partial charge in [0, 0.05) is 22.4 Å². The predicted molar refractivity (Wildman–Crippen MR) is 48.9 cm³/mol. The van der Waals surface area contributed by atoms with Crippen molar-refractivity contribution in [1.82, 2.24) is 0 Å². The van der Waals surface area contributed by atoms with Crippen molar-refractivity contribution >= 4 is 27.6 Å². The van der Waals surface area contributed by atoms with Crippen LogP contribution in [0.2, 0.25) is 0 Å². The molecule has 14 heavy (non-hydrogen) atoms. The van der Waals surface area contributed by atoms with E-state index in [0.717, 1.165) is 0 Å². The Morgan fingerprint density at radius 2 is 1.43 bits per heavy atom. The molecular weight excluding hydrogens is 428 g/mol. The number of Topliss-reactive ketones (excluding diaryl/α,β-unsaturated/α-hetero) is 2. The van der Waals surface area contributed by atoms with E-state index < -0.39 is 0 Å². The molecule has 0 bridgehead atoms. The van der Waals surface area contributed by atoms with Crippen LogP contribution in [0.15, 0.2) is 34.8 Å². The summed E-state index contributed by atoms with van der Waals surface area (Å²) in [6, 6.07) is 6.86. The average molecular weight is 433 g/mol. The first kappa shape index (κ1) is 11.6. The largest absolute Gasteiger partial charge is 0 e. The molecule has 0 heterocycles. The smallest absolute Gasteiger partial charge is 0 e. The van der Waals surface area contributed by atoms with Gasteiger partial charge in [0.1, 0.15) is 0 Å². The molecule has 2 radical (unpaired) electrons. The first-order valence-corrected chi connectivity index (χ1v) is 4.75. The first-order chi connectivity index (χ1) is 6.25. The van der Waals surface area contributed by atoms with Crippen molar-refractivity contribution in [3.05, 3.63) is 45.9 Å². The monoisotopic (exact) mass is 434 g/mol. The van der Waals surface area contributed by atoms with Crippen molar-refractivity contribution in [2.75, 3.05) is 0 Å². The second-order valence-corrected chi connectivity index (χ2v) is 3.23. The van der Waals surface area contributed by atoms with Crippen LogP contribution < -0.4 is 0 Å². The standard InChI is InChI=1S/C10H5O2Se.Au/c11-9-6-3-1-2-4-7(6)10(12)8(9)5-13;/h1-5H;. The third-order valence-electron chi connectivity index (χ3n) is 2.02. The Balaban J connectivity index is 0.000000980. The summed E-state index contributed by atoms with van der Waals surface area (Å²) in [6.07, 6.45) is 0. The van der Waals surface area contributed by atoms with E-state index in [2.05, 4.69) is 16.0 Å². The molecule has 1 aromatic carbocycles. The Hall–Kier alpha value is -0.440. The minimum absolute atomic E-state index is 0. The van der Waals surface area contributed by atoms with Gasteiger partial charge in [-0.1, -0.05) is 0 Å². The van der Waals surface area contributed by atoms with E-state index in [0.29, 0.717) is 11.1 Å². The molecule has 2 nitrogen and oxygen atoms in total. The van der Waals surface area contributed by atoms with Gasteiger partial charge in [0.2, 0.25) is 0 Å². The summed E-state index contributed by atoms with van der Waals surface area (Å²) in [7, 11) is 0. The van der Waals surface area contributed by atoms with Crippen molar-refractivity contribution < 1.29 is 32.0 Å². The molecule has 0 saturated carbocycles. The average Bonchev–Trinajstić information content (AvgIpc) is 2.41. The fourth-order valence-corrected chi connectivity index (χ4v) is 1.83. The van der Waals surface area contributed by atoms with Gasteiger partial charge in [0.05, 0.1) is 0 Å². The van der Waals surface area contributed by atoms with Crippen LogP contribution in [0.3, 0.4) is 0 Å². The van der Waals surface area contributed by atoms with Crippen LogP contribution in [0, 0.1) is 0 Å². The van der Waals surface area contributed by atoms with Crippen LogP contribution >= 0.6 is 0 Å². The van der Waals surface area contributed by atoms with Crippen LogP contribution in [-0.4, -0.2) is 27.6 Å². The van der Waals surface area contributed by atoms with Gasteiger partial charge in [-0.25, -0.2) is 0 Å². The molecule has 0 amide bonds. The molecule has 0 aliphatic heterocycles. The third-order valence-corrected chi connectivity index (χ3v) is 2.52. The van der Waals surface area contributed by atoms with Gasteiger partial charge in [-0.15, -0.1) is 0 Å². The Morgan fingerprint density at radius 3 is 1.79 bits per heavy atom. The maximum Gasteiger partial charge on any atom is 0 e. The molecular formula is C10H5AuO2Se. The molecule has 1 aromatic rings. The number of rotatable bonds is 0. The molecule has 0 spiro atoms. The van der Waals surface area contributed by atoms with Crippen LogP contribution in [0.4, 0.5) is 0 Å².